The molecule has 2 heterocycles. The molecule has 1 aromatic carbocycles. The SMILES string of the molecule is CCOc1nc2ccc(Oc3cnc(OC[C@H](C)NC(C)=O)cn3)c(F)c2s1. The van der Waals surface area contributed by atoms with E-state index in [4.69, 9.17) is 14.2 Å². The number of hydrogen-bond acceptors (Lipinski definition) is 8. The molecule has 8 nitrogen and oxygen atoms in total. The zero-order chi connectivity index (χ0) is 20.1. The van der Waals surface area contributed by atoms with Gasteiger partial charge in [-0.1, -0.05) is 11.3 Å². The molecule has 1 N–H and O–H groups in total. The Bertz CT molecular complexity index is 964. The Morgan fingerprint density at radius 1 is 1.25 bits per heavy atom. The van der Waals surface area contributed by atoms with Crippen LogP contribution in [0, 0.1) is 5.82 Å². The molecule has 10 heteroatoms. The standard InChI is InChI=1S/C18H19FN4O4S/c1-4-25-18-23-12-5-6-13(16(19)17(12)28-18)27-15-8-20-14(7-21-15)26-9-10(2)22-11(3)24/h5-8,10H,4,9H2,1-3H3,(H,22,24)/t10-/m0/s1. The number of carbonyl (C=O) groups is 1. The van der Waals surface area contributed by atoms with Crippen LogP contribution < -0.4 is 19.5 Å². The fourth-order valence-corrected chi connectivity index (χ4v) is 3.23. The molecule has 0 radical (unpaired) electrons. The van der Waals surface area contributed by atoms with E-state index in [1.54, 1.807) is 6.07 Å². The van der Waals surface area contributed by atoms with Crippen LogP contribution in [0.4, 0.5) is 4.39 Å². The van der Waals surface area contributed by atoms with Crippen LogP contribution in [-0.2, 0) is 4.79 Å². The number of amides is 1. The number of benzene rings is 1. The number of halogens is 1. The van der Waals surface area contributed by atoms with Gasteiger partial charge in [-0.2, -0.15) is 0 Å². The van der Waals surface area contributed by atoms with Crippen molar-refractivity contribution in [1.82, 2.24) is 20.3 Å². The van der Waals surface area contributed by atoms with Crippen LogP contribution in [0.2, 0.25) is 0 Å². The van der Waals surface area contributed by atoms with Crippen LogP contribution in [0.25, 0.3) is 10.2 Å². The van der Waals surface area contributed by atoms with Gasteiger partial charge in [-0.3, -0.25) is 4.79 Å². The van der Waals surface area contributed by atoms with Gasteiger partial charge in [-0.05, 0) is 26.0 Å². The number of nitrogens with zero attached hydrogens (tertiary/aromatic N) is 3. The van der Waals surface area contributed by atoms with E-state index in [1.165, 1.54) is 25.4 Å². The lowest BCUT2D eigenvalue weighted by Crippen LogP contribution is -2.35. The minimum atomic E-state index is -0.535. The molecule has 0 aliphatic heterocycles. The first-order chi connectivity index (χ1) is 13.5. The number of hydrogen-bond donors (Lipinski definition) is 1. The maximum Gasteiger partial charge on any atom is 0.274 e. The summed E-state index contributed by atoms with van der Waals surface area (Å²) < 4.78 is 31.3. The van der Waals surface area contributed by atoms with Gasteiger partial charge in [0.2, 0.25) is 17.7 Å². The molecule has 0 spiro atoms. The molecular formula is C18H19FN4O4S. The van der Waals surface area contributed by atoms with Gasteiger partial charge in [0.05, 0.1) is 35.3 Å². The summed E-state index contributed by atoms with van der Waals surface area (Å²) in [5, 5.41) is 3.10. The van der Waals surface area contributed by atoms with E-state index in [-0.39, 0.29) is 36.1 Å². The van der Waals surface area contributed by atoms with Crippen molar-refractivity contribution in [3.63, 3.8) is 0 Å². The molecule has 0 fully saturated rings. The second kappa shape index (κ2) is 8.79. The number of aromatic nitrogens is 3. The first-order valence-electron chi connectivity index (χ1n) is 8.58. The Morgan fingerprint density at radius 3 is 2.68 bits per heavy atom. The van der Waals surface area contributed by atoms with Crippen molar-refractivity contribution in [2.75, 3.05) is 13.2 Å². The summed E-state index contributed by atoms with van der Waals surface area (Å²) in [6.45, 7) is 5.78. The topological polar surface area (TPSA) is 95.5 Å². The van der Waals surface area contributed by atoms with E-state index in [1.807, 2.05) is 13.8 Å². The van der Waals surface area contributed by atoms with Gasteiger partial charge in [-0.25, -0.2) is 19.3 Å². The van der Waals surface area contributed by atoms with Crippen LogP contribution >= 0.6 is 11.3 Å². The van der Waals surface area contributed by atoms with Crippen molar-refractivity contribution in [3.05, 3.63) is 30.3 Å². The molecule has 148 valence electrons. The third-order valence-electron chi connectivity index (χ3n) is 3.46. The fourth-order valence-electron chi connectivity index (χ4n) is 2.33. The summed E-state index contributed by atoms with van der Waals surface area (Å²) in [7, 11) is 0. The summed E-state index contributed by atoms with van der Waals surface area (Å²) in [5.41, 5.74) is 0.501. The highest BCUT2D eigenvalue weighted by Crippen LogP contribution is 2.35. The third-order valence-corrected chi connectivity index (χ3v) is 4.44. The van der Waals surface area contributed by atoms with E-state index >= 15 is 0 Å². The maximum atomic E-state index is 14.7. The van der Waals surface area contributed by atoms with Crippen LogP contribution in [-0.4, -0.2) is 40.1 Å². The summed E-state index contributed by atoms with van der Waals surface area (Å²) in [6, 6.07) is 2.96. The maximum absolute atomic E-state index is 14.7. The van der Waals surface area contributed by atoms with Gasteiger partial charge in [0.25, 0.3) is 5.19 Å². The van der Waals surface area contributed by atoms with Gasteiger partial charge in [0.15, 0.2) is 11.6 Å². The highest BCUT2D eigenvalue weighted by Gasteiger charge is 2.15. The molecule has 28 heavy (non-hydrogen) atoms. The number of fused-ring (bicyclic) bond motifs is 1. The van der Waals surface area contributed by atoms with Crippen molar-refractivity contribution >= 4 is 27.5 Å². The van der Waals surface area contributed by atoms with Crippen LogP contribution in [0.5, 0.6) is 22.7 Å². The second-order valence-electron chi connectivity index (χ2n) is 5.85. The highest BCUT2D eigenvalue weighted by molar-refractivity contribution is 7.20. The molecule has 1 atom stereocenters. The zero-order valence-corrected chi connectivity index (χ0v) is 16.4. The Hall–Kier alpha value is -3.01. The van der Waals surface area contributed by atoms with Gasteiger partial charge in [0.1, 0.15) is 6.61 Å². The second-order valence-corrected chi connectivity index (χ2v) is 6.81. The van der Waals surface area contributed by atoms with E-state index in [0.29, 0.717) is 22.0 Å². The largest absolute Gasteiger partial charge is 0.474 e. The average Bonchev–Trinajstić information content (AvgIpc) is 3.07. The smallest absolute Gasteiger partial charge is 0.274 e. The Kier molecular flexibility index (Phi) is 6.19. The molecule has 0 saturated carbocycles. The fraction of sp³-hybridized carbons (Fsp3) is 0.333. The third kappa shape index (κ3) is 4.83. The quantitative estimate of drug-likeness (QED) is 0.613. The molecule has 3 rings (SSSR count). The zero-order valence-electron chi connectivity index (χ0n) is 15.6. The summed E-state index contributed by atoms with van der Waals surface area (Å²) >= 11 is 1.11. The minimum Gasteiger partial charge on any atom is -0.474 e. The summed E-state index contributed by atoms with van der Waals surface area (Å²) in [4.78, 5) is 23.3. The molecule has 0 aliphatic carbocycles. The van der Waals surface area contributed by atoms with Gasteiger partial charge >= 0.3 is 0 Å². The summed E-state index contributed by atoms with van der Waals surface area (Å²) in [6.07, 6.45) is 2.70. The van der Waals surface area contributed by atoms with Crippen LogP contribution in [0.3, 0.4) is 0 Å². The predicted octanol–water partition coefficient (Wildman–Crippen LogP) is 3.32. The molecule has 0 aliphatic rings. The molecule has 0 bridgehead atoms. The van der Waals surface area contributed by atoms with E-state index < -0.39 is 5.82 Å². The average molecular weight is 406 g/mol. The van der Waals surface area contributed by atoms with Crippen molar-refractivity contribution in [1.29, 1.82) is 0 Å². The van der Waals surface area contributed by atoms with Crippen molar-refractivity contribution in [2.45, 2.75) is 26.8 Å². The number of rotatable bonds is 8. The van der Waals surface area contributed by atoms with E-state index in [9.17, 15) is 9.18 Å². The monoisotopic (exact) mass is 406 g/mol. The molecule has 2 aromatic heterocycles. The van der Waals surface area contributed by atoms with Gasteiger partial charge < -0.3 is 19.5 Å². The van der Waals surface area contributed by atoms with E-state index in [0.717, 1.165) is 11.3 Å². The number of ether oxygens (including phenoxy) is 3. The molecule has 0 unspecified atom stereocenters. The minimum absolute atomic E-state index is 0.0152. The Labute approximate surface area is 164 Å². The molecular weight excluding hydrogens is 387 g/mol. The number of thiazole rings is 1. The molecule has 0 saturated heterocycles. The van der Waals surface area contributed by atoms with Crippen molar-refractivity contribution in [3.8, 4) is 22.7 Å². The molecule has 3 aromatic rings. The number of carbonyl (C=O) groups excluding carboxylic acids is 1. The van der Waals surface area contributed by atoms with Gasteiger partial charge in [-0.15, -0.1) is 0 Å². The predicted molar refractivity (Wildman–Crippen MR) is 102 cm³/mol. The van der Waals surface area contributed by atoms with Crippen LogP contribution in [0.1, 0.15) is 20.8 Å². The highest BCUT2D eigenvalue weighted by atomic mass is 32.1. The Balaban J connectivity index is 1.66. The number of nitrogens with one attached hydrogen (secondary N) is 1. The van der Waals surface area contributed by atoms with Crippen molar-refractivity contribution < 1.29 is 23.4 Å². The van der Waals surface area contributed by atoms with Crippen molar-refractivity contribution in [2.24, 2.45) is 0 Å². The van der Waals surface area contributed by atoms with Gasteiger partial charge in [0, 0.05) is 6.92 Å². The summed E-state index contributed by atoms with van der Waals surface area (Å²) in [5.74, 6) is -0.271. The Morgan fingerprint density at radius 2 is 2.00 bits per heavy atom. The lowest BCUT2D eigenvalue weighted by molar-refractivity contribution is -0.119. The first-order valence-corrected chi connectivity index (χ1v) is 9.39. The van der Waals surface area contributed by atoms with E-state index in [2.05, 4.69) is 20.3 Å². The normalized spacial score (nSPS) is 11.9. The first kappa shape index (κ1) is 19.7. The lowest BCUT2D eigenvalue weighted by Gasteiger charge is -2.13. The van der Waals surface area contributed by atoms with Crippen LogP contribution in [0.15, 0.2) is 24.5 Å². The molecule has 1 amide bonds. The lowest BCUT2D eigenvalue weighted by atomic mass is 10.3.